The number of carbonyl (C=O) groups excluding carboxylic acids is 3. The van der Waals surface area contributed by atoms with Crippen molar-refractivity contribution in [1.29, 1.82) is 0 Å². The molecule has 6 atom stereocenters. The molecule has 1 spiro atoms. The fourth-order valence-electron chi connectivity index (χ4n) is 7.36. The van der Waals surface area contributed by atoms with E-state index >= 15 is 0 Å². The third-order valence-corrected chi connectivity index (χ3v) is 9.38. The molecule has 1 aromatic carbocycles. The molecule has 4 aliphatic heterocycles. The molecule has 9 nitrogen and oxygen atoms in total. The van der Waals surface area contributed by atoms with Crippen LogP contribution in [0.15, 0.2) is 48.6 Å². The lowest BCUT2D eigenvalue weighted by Crippen LogP contribution is -2.59. The number of unbranched alkanes of at least 4 members (excludes halogenated alkanes) is 2. The molecule has 0 aliphatic carbocycles. The first-order chi connectivity index (χ1) is 20.1. The summed E-state index contributed by atoms with van der Waals surface area (Å²) in [4.78, 5) is 48.6. The zero-order valence-corrected chi connectivity index (χ0v) is 25.5. The van der Waals surface area contributed by atoms with Gasteiger partial charge in [-0.1, -0.05) is 57.9 Å². The van der Waals surface area contributed by atoms with Gasteiger partial charge in [0.2, 0.25) is 17.7 Å². The Morgan fingerprint density at radius 3 is 2.33 bits per heavy atom. The van der Waals surface area contributed by atoms with E-state index in [2.05, 4.69) is 6.92 Å². The van der Waals surface area contributed by atoms with Crippen molar-refractivity contribution in [2.24, 2.45) is 17.8 Å². The highest BCUT2D eigenvalue weighted by Gasteiger charge is 2.75. The quantitative estimate of drug-likeness (QED) is 0.336. The maximum Gasteiger partial charge on any atom is 0.249 e. The maximum absolute atomic E-state index is 14.6. The average Bonchev–Trinajstić information content (AvgIpc) is 3.23. The van der Waals surface area contributed by atoms with Gasteiger partial charge in [-0.2, -0.15) is 0 Å². The number of anilines is 1. The zero-order valence-electron chi connectivity index (χ0n) is 25.5. The number of likely N-dealkylation sites (tertiary alicyclic amines) is 1. The second-order valence-corrected chi connectivity index (χ2v) is 12.4. The Balaban J connectivity index is 1.59. The largest absolute Gasteiger partial charge is 0.494 e. The molecule has 3 amide bonds. The molecule has 0 aromatic heterocycles. The van der Waals surface area contributed by atoms with Crippen LogP contribution in [0, 0.1) is 17.8 Å². The third-order valence-electron chi connectivity index (χ3n) is 9.38. The van der Waals surface area contributed by atoms with Crippen molar-refractivity contribution in [3.05, 3.63) is 48.6 Å². The second-order valence-electron chi connectivity index (χ2n) is 12.4. The summed E-state index contributed by atoms with van der Waals surface area (Å²) in [6.07, 6.45) is 10.5. The van der Waals surface area contributed by atoms with Gasteiger partial charge in [0.05, 0.1) is 36.7 Å². The van der Waals surface area contributed by atoms with Crippen LogP contribution < -0.4 is 9.64 Å². The zero-order chi connectivity index (χ0) is 30.2. The lowest BCUT2D eigenvalue weighted by atomic mass is 9.74. The van der Waals surface area contributed by atoms with Crippen molar-refractivity contribution in [3.8, 4) is 5.75 Å². The SMILES string of the molecule is CCCCCN1CC=C[C@]23O[C@@]4(C)C=CCN(c5ccc(OCC)cc5)C(=O)[C@H]4[C@H]2C(=O)N([C@@H](CO)C(C)C)C3C1=O. The summed E-state index contributed by atoms with van der Waals surface area (Å²) in [5.74, 6) is -1.91. The van der Waals surface area contributed by atoms with Crippen molar-refractivity contribution in [2.75, 3.05) is 37.7 Å². The first kappa shape index (κ1) is 30.3. The van der Waals surface area contributed by atoms with Gasteiger partial charge in [-0.05, 0) is 50.5 Å². The number of fused-ring (bicyclic) bond motifs is 2. The number of ether oxygens (including phenoxy) is 2. The topological polar surface area (TPSA) is 99.6 Å². The summed E-state index contributed by atoms with van der Waals surface area (Å²) >= 11 is 0. The van der Waals surface area contributed by atoms with E-state index < -0.39 is 35.1 Å². The highest BCUT2D eigenvalue weighted by Crippen LogP contribution is 2.58. The molecule has 42 heavy (non-hydrogen) atoms. The van der Waals surface area contributed by atoms with E-state index in [1.54, 1.807) is 14.7 Å². The van der Waals surface area contributed by atoms with Gasteiger partial charge in [0, 0.05) is 25.3 Å². The molecule has 4 heterocycles. The lowest BCUT2D eigenvalue weighted by Gasteiger charge is -2.41. The van der Waals surface area contributed by atoms with Gasteiger partial charge in [0.15, 0.2) is 0 Å². The molecule has 0 radical (unpaired) electrons. The molecule has 0 saturated carbocycles. The van der Waals surface area contributed by atoms with Gasteiger partial charge in [-0.15, -0.1) is 0 Å². The van der Waals surface area contributed by atoms with Crippen LogP contribution in [0.2, 0.25) is 0 Å². The molecule has 5 rings (SSSR count). The van der Waals surface area contributed by atoms with Gasteiger partial charge in [-0.25, -0.2) is 0 Å². The molecule has 2 fully saturated rings. The van der Waals surface area contributed by atoms with Crippen molar-refractivity contribution >= 4 is 23.4 Å². The van der Waals surface area contributed by atoms with Crippen LogP contribution in [-0.4, -0.2) is 88.8 Å². The summed E-state index contributed by atoms with van der Waals surface area (Å²) in [6, 6.07) is 5.80. The number of nitrogens with zero attached hydrogens (tertiary/aromatic N) is 3. The molecule has 0 bridgehead atoms. The number of hydrogen-bond donors (Lipinski definition) is 1. The summed E-state index contributed by atoms with van der Waals surface area (Å²) in [6.45, 7) is 11.3. The number of carbonyl (C=O) groups is 3. The molecule has 1 N–H and O–H groups in total. The van der Waals surface area contributed by atoms with Crippen molar-refractivity contribution in [1.82, 2.24) is 9.80 Å². The number of amides is 3. The minimum atomic E-state index is -1.34. The monoisotopic (exact) mass is 579 g/mol. The molecule has 1 aromatic rings. The van der Waals surface area contributed by atoms with E-state index in [1.165, 1.54) is 0 Å². The molecular formula is C33H45N3O6. The standard InChI is InChI=1S/C33H45N3O6/c1-6-8-9-18-34-19-11-17-33-27(30(39)36(28(33)31(34)40)25(21-37)22(3)4)26-29(38)35(20-10-16-32(26,5)42-33)23-12-14-24(15-13-23)41-7-2/h10-17,22,25-28,37H,6-9,18-21H2,1-5H3/t25-,26+,27-,28?,32-,33-/m0/s1. The Morgan fingerprint density at radius 2 is 1.69 bits per heavy atom. The first-order valence-corrected chi connectivity index (χ1v) is 15.4. The van der Waals surface area contributed by atoms with E-state index in [9.17, 15) is 19.5 Å². The Labute approximate surface area is 249 Å². The van der Waals surface area contributed by atoms with Gasteiger partial charge in [-0.3, -0.25) is 14.4 Å². The first-order valence-electron chi connectivity index (χ1n) is 15.4. The van der Waals surface area contributed by atoms with E-state index in [-0.39, 0.29) is 30.2 Å². The van der Waals surface area contributed by atoms with Crippen LogP contribution in [0.1, 0.15) is 53.9 Å². The summed E-state index contributed by atoms with van der Waals surface area (Å²) < 4.78 is 12.5. The van der Waals surface area contributed by atoms with E-state index in [4.69, 9.17) is 9.47 Å². The molecular weight excluding hydrogens is 534 g/mol. The van der Waals surface area contributed by atoms with Crippen molar-refractivity contribution < 1.29 is 29.0 Å². The Hall–Kier alpha value is -3.17. The average molecular weight is 580 g/mol. The second kappa shape index (κ2) is 11.8. The summed E-state index contributed by atoms with van der Waals surface area (Å²) in [5.41, 5.74) is -1.74. The normalized spacial score (nSPS) is 31.3. The molecule has 9 heteroatoms. The van der Waals surface area contributed by atoms with Crippen LogP contribution in [0.5, 0.6) is 5.75 Å². The number of rotatable bonds is 10. The lowest BCUT2D eigenvalue weighted by molar-refractivity contribution is -0.155. The highest BCUT2D eigenvalue weighted by atomic mass is 16.5. The molecule has 228 valence electrons. The molecule has 4 aliphatic rings. The molecule has 1 unspecified atom stereocenters. The van der Waals surface area contributed by atoms with Gasteiger partial charge < -0.3 is 29.3 Å². The maximum atomic E-state index is 14.6. The minimum Gasteiger partial charge on any atom is -0.494 e. The third kappa shape index (κ3) is 4.84. The van der Waals surface area contributed by atoms with Gasteiger partial charge in [0.1, 0.15) is 17.4 Å². The smallest absolute Gasteiger partial charge is 0.249 e. The predicted molar refractivity (Wildman–Crippen MR) is 160 cm³/mol. The fraction of sp³-hybridized carbons (Fsp3) is 0.606. The summed E-state index contributed by atoms with van der Waals surface area (Å²) in [5, 5.41) is 10.5. The number of hydrogen-bond acceptors (Lipinski definition) is 6. The Morgan fingerprint density at radius 1 is 0.976 bits per heavy atom. The van der Waals surface area contributed by atoms with Crippen LogP contribution in [0.4, 0.5) is 5.69 Å². The van der Waals surface area contributed by atoms with Crippen LogP contribution in [-0.2, 0) is 19.1 Å². The van der Waals surface area contributed by atoms with E-state index in [1.807, 2.05) is 76.3 Å². The number of benzene rings is 1. The Kier molecular flexibility index (Phi) is 8.54. The van der Waals surface area contributed by atoms with Crippen molar-refractivity contribution in [2.45, 2.75) is 77.2 Å². The number of aliphatic hydroxyl groups is 1. The van der Waals surface area contributed by atoms with Crippen LogP contribution in [0.3, 0.4) is 0 Å². The van der Waals surface area contributed by atoms with Gasteiger partial charge >= 0.3 is 0 Å². The van der Waals surface area contributed by atoms with Gasteiger partial charge in [0.25, 0.3) is 0 Å². The Bertz CT molecular complexity index is 1240. The van der Waals surface area contributed by atoms with E-state index in [0.29, 0.717) is 37.7 Å². The fourth-order valence-corrected chi connectivity index (χ4v) is 7.36. The van der Waals surface area contributed by atoms with E-state index in [0.717, 1.165) is 19.3 Å². The summed E-state index contributed by atoms with van der Waals surface area (Å²) in [7, 11) is 0. The van der Waals surface area contributed by atoms with Crippen molar-refractivity contribution in [3.63, 3.8) is 0 Å². The van der Waals surface area contributed by atoms with Crippen LogP contribution >= 0.6 is 0 Å². The van der Waals surface area contributed by atoms with Crippen LogP contribution in [0.25, 0.3) is 0 Å². The molecule has 2 saturated heterocycles. The minimum absolute atomic E-state index is 0.111. The highest BCUT2D eigenvalue weighted by molar-refractivity contribution is 6.04. The number of aliphatic hydroxyl groups excluding tert-OH is 1. The predicted octanol–water partition coefficient (Wildman–Crippen LogP) is 3.56.